The van der Waals surface area contributed by atoms with E-state index in [1.54, 1.807) is 0 Å². The van der Waals surface area contributed by atoms with Gasteiger partial charge in [0.1, 0.15) is 6.17 Å². The minimum Gasteiger partial charge on any atom is -0.359 e. The molecule has 0 N–H and O–H groups in total. The van der Waals surface area contributed by atoms with Gasteiger partial charge < -0.3 is 14.7 Å². The number of aryl methyl sites for hydroxylation is 2. The average molecular weight is 367 g/mol. The Morgan fingerprint density at radius 3 is 2.56 bits per heavy atom. The smallest absolute Gasteiger partial charge is 0.102 e. The lowest BCUT2D eigenvalue weighted by molar-refractivity contribution is 0.267. The van der Waals surface area contributed by atoms with Crippen LogP contribution in [0.1, 0.15) is 51.7 Å². The number of allylic oxidation sites excluding steroid dienone is 3. The van der Waals surface area contributed by atoms with Gasteiger partial charge in [-0.25, -0.2) is 0 Å². The maximum absolute atomic E-state index is 2.57. The van der Waals surface area contributed by atoms with Gasteiger partial charge in [0.05, 0.1) is 6.17 Å². The van der Waals surface area contributed by atoms with Crippen molar-refractivity contribution in [2.45, 2.75) is 65.7 Å². The zero-order chi connectivity index (χ0) is 19.3. The minimum absolute atomic E-state index is 0.357. The summed E-state index contributed by atoms with van der Waals surface area (Å²) in [6.45, 7) is 10.1. The van der Waals surface area contributed by atoms with E-state index in [0.29, 0.717) is 12.3 Å². The first-order valence-electron chi connectivity index (χ1n) is 10.5. The lowest BCUT2D eigenvalue weighted by Crippen LogP contribution is -2.46. The van der Waals surface area contributed by atoms with Gasteiger partial charge in [-0.2, -0.15) is 0 Å². The summed E-state index contributed by atoms with van der Waals surface area (Å²) in [5.41, 5.74) is 8.77. The van der Waals surface area contributed by atoms with Crippen LogP contribution >= 0.6 is 0 Å². The maximum Gasteiger partial charge on any atom is 0.102 e. The van der Waals surface area contributed by atoms with Crippen LogP contribution in [0.15, 0.2) is 35.8 Å². The number of hydrogen-bond donors (Lipinski definition) is 0. The molecule has 2 atom stereocenters. The van der Waals surface area contributed by atoms with Crippen LogP contribution in [0, 0.1) is 0 Å². The number of benzene rings is 1. The first-order valence-corrected chi connectivity index (χ1v) is 10.5. The normalized spacial score (nSPS) is 24.1. The monoisotopic (exact) mass is 366 g/mol. The highest BCUT2D eigenvalue weighted by molar-refractivity contribution is 5.74. The highest BCUT2D eigenvalue weighted by Crippen LogP contribution is 2.45. The Hall–Kier alpha value is -1.94. The molecule has 0 amide bonds. The van der Waals surface area contributed by atoms with Gasteiger partial charge in [0.2, 0.25) is 0 Å². The van der Waals surface area contributed by atoms with Crippen LogP contribution in [0.3, 0.4) is 0 Å². The third-order valence-corrected chi connectivity index (χ3v) is 6.88. The summed E-state index contributed by atoms with van der Waals surface area (Å²) < 4.78 is 0. The van der Waals surface area contributed by atoms with E-state index >= 15 is 0 Å². The zero-order valence-electron chi connectivity index (χ0n) is 17.8. The molecule has 4 heteroatoms. The van der Waals surface area contributed by atoms with Crippen LogP contribution in [-0.4, -0.2) is 42.8 Å². The Bertz CT molecular complexity index is 794. The first-order chi connectivity index (χ1) is 13.0. The quantitative estimate of drug-likeness (QED) is 0.779. The van der Waals surface area contributed by atoms with Gasteiger partial charge in [0, 0.05) is 36.0 Å². The molecule has 4 nitrogen and oxygen atoms in total. The molecule has 0 unspecified atom stereocenters. The second-order valence-electron chi connectivity index (χ2n) is 8.25. The molecule has 0 fully saturated rings. The van der Waals surface area contributed by atoms with Gasteiger partial charge in [-0.05, 0) is 77.2 Å². The van der Waals surface area contributed by atoms with Crippen LogP contribution in [-0.2, 0) is 12.8 Å². The topological polar surface area (TPSA) is 13.0 Å². The van der Waals surface area contributed by atoms with Crippen LogP contribution in [0.4, 0.5) is 11.4 Å². The predicted octanol–water partition coefficient (Wildman–Crippen LogP) is 4.53. The average Bonchev–Trinajstić information content (AvgIpc) is 2.98. The Labute approximate surface area is 164 Å². The lowest BCUT2D eigenvalue weighted by Gasteiger charge is -2.43. The van der Waals surface area contributed by atoms with Crippen molar-refractivity contribution >= 4 is 11.4 Å². The summed E-state index contributed by atoms with van der Waals surface area (Å²) in [5.74, 6) is 0. The predicted molar refractivity (Wildman–Crippen MR) is 115 cm³/mol. The van der Waals surface area contributed by atoms with Gasteiger partial charge in [0.25, 0.3) is 0 Å². The number of fused-ring (bicyclic) bond motifs is 4. The van der Waals surface area contributed by atoms with E-state index in [-0.39, 0.29) is 0 Å². The standard InChI is InChI=1S/C23H34N4/c1-7-20-11-9-18-13-19-10-12-21-15-25(6)17(4)27(21)23(19)14-22(18)26(20)16(3)24(5)8-2/h7,13-17H,8-12H2,1-6H3/b20-7-/t16-,17+/m1/s1. The van der Waals surface area contributed by atoms with Gasteiger partial charge in [-0.1, -0.05) is 19.1 Å². The van der Waals surface area contributed by atoms with E-state index in [0.717, 1.165) is 32.2 Å². The molecule has 0 spiro atoms. The number of nitrogens with zero attached hydrogens (tertiary/aromatic N) is 4. The number of anilines is 2. The van der Waals surface area contributed by atoms with Crippen molar-refractivity contribution in [1.29, 1.82) is 0 Å². The largest absolute Gasteiger partial charge is 0.359 e. The zero-order valence-corrected chi connectivity index (χ0v) is 17.8. The molecule has 3 heterocycles. The molecule has 0 aromatic heterocycles. The minimum atomic E-state index is 0.357. The molecular formula is C23H34N4. The van der Waals surface area contributed by atoms with Gasteiger partial charge >= 0.3 is 0 Å². The Morgan fingerprint density at radius 1 is 1.15 bits per heavy atom. The Morgan fingerprint density at radius 2 is 1.85 bits per heavy atom. The summed E-state index contributed by atoms with van der Waals surface area (Å²) >= 11 is 0. The molecule has 0 saturated heterocycles. The van der Waals surface area contributed by atoms with Crippen molar-refractivity contribution < 1.29 is 0 Å². The van der Waals surface area contributed by atoms with Crippen molar-refractivity contribution in [1.82, 2.24) is 9.80 Å². The number of rotatable bonds is 3. The molecule has 0 saturated carbocycles. The third-order valence-electron chi connectivity index (χ3n) is 6.88. The van der Waals surface area contributed by atoms with Crippen molar-refractivity contribution in [2.75, 3.05) is 30.4 Å². The van der Waals surface area contributed by atoms with Crippen LogP contribution < -0.4 is 9.80 Å². The van der Waals surface area contributed by atoms with E-state index < -0.39 is 0 Å². The van der Waals surface area contributed by atoms with Gasteiger partial charge in [-0.15, -0.1) is 0 Å². The molecule has 4 rings (SSSR count). The molecule has 0 radical (unpaired) electrons. The summed E-state index contributed by atoms with van der Waals surface area (Å²) in [5, 5.41) is 0. The molecule has 1 aromatic rings. The summed E-state index contributed by atoms with van der Waals surface area (Å²) in [7, 11) is 4.42. The van der Waals surface area contributed by atoms with Gasteiger partial charge in [0.15, 0.2) is 0 Å². The van der Waals surface area contributed by atoms with Crippen LogP contribution in [0.25, 0.3) is 0 Å². The molecule has 0 bridgehead atoms. The fourth-order valence-electron chi connectivity index (χ4n) is 4.88. The Balaban J connectivity index is 1.82. The Kier molecular flexibility index (Phi) is 4.71. The fraction of sp³-hybridized carbons (Fsp3) is 0.565. The molecule has 0 aliphatic carbocycles. The molecule has 3 aliphatic heterocycles. The molecular weight excluding hydrogens is 332 g/mol. The highest BCUT2D eigenvalue weighted by Gasteiger charge is 2.35. The van der Waals surface area contributed by atoms with Crippen molar-refractivity contribution in [2.24, 2.45) is 0 Å². The lowest BCUT2D eigenvalue weighted by atomic mass is 9.91. The van der Waals surface area contributed by atoms with E-state index in [1.165, 1.54) is 33.9 Å². The second kappa shape index (κ2) is 6.90. The maximum atomic E-state index is 2.57. The van der Waals surface area contributed by atoms with Gasteiger partial charge in [-0.3, -0.25) is 4.90 Å². The third kappa shape index (κ3) is 2.85. The van der Waals surface area contributed by atoms with Crippen molar-refractivity contribution in [3.8, 4) is 0 Å². The summed E-state index contributed by atoms with van der Waals surface area (Å²) in [6, 6.07) is 4.99. The molecule has 3 aliphatic rings. The van der Waals surface area contributed by atoms with Crippen LogP contribution in [0.2, 0.25) is 0 Å². The highest BCUT2D eigenvalue weighted by atomic mass is 15.4. The summed E-state index contributed by atoms with van der Waals surface area (Å²) in [4.78, 5) is 9.89. The summed E-state index contributed by atoms with van der Waals surface area (Å²) in [6.07, 6.45) is 9.99. The van der Waals surface area contributed by atoms with Crippen LogP contribution in [0.5, 0.6) is 0 Å². The van der Waals surface area contributed by atoms with E-state index in [1.807, 2.05) is 0 Å². The SMILES string of the molecule is C/C=C1/CCc2cc3c(cc2N1[C@H](C)N(C)CC)N1C(=CN(C)[C@@H]1C)CC3. The van der Waals surface area contributed by atoms with Crippen molar-refractivity contribution in [3.63, 3.8) is 0 Å². The molecule has 146 valence electrons. The van der Waals surface area contributed by atoms with E-state index in [2.05, 4.69) is 85.8 Å². The number of hydrogen-bond acceptors (Lipinski definition) is 4. The second-order valence-corrected chi connectivity index (χ2v) is 8.25. The van der Waals surface area contributed by atoms with E-state index in [9.17, 15) is 0 Å². The van der Waals surface area contributed by atoms with Crippen molar-refractivity contribution in [3.05, 3.63) is 46.9 Å². The molecule has 1 aromatic carbocycles. The molecule has 27 heavy (non-hydrogen) atoms. The fourth-order valence-corrected chi connectivity index (χ4v) is 4.88. The van der Waals surface area contributed by atoms with E-state index in [4.69, 9.17) is 0 Å². The first kappa shape index (κ1) is 18.4.